The van der Waals surface area contributed by atoms with Crippen LogP contribution in [0.25, 0.3) is 10.9 Å². The predicted molar refractivity (Wildman–Crippen MR) is 127 cm³/mol. The Kier molecular flexibility index (Phi) is 7.25. The summed E-state index contributed by atoms with van der Waals surface area (Å²) < 4.78 is 10.8. The number of hydrogen-bond donors (Lipinski definition) is 1. The lowest BCUT2D eigenvalue weighted by Crippen LogP contribution is -2.47. The van der Waals surface area contributed by atoms with Gasteiger partial charge in [-0.05, 0) is 42.9 Å². The molecule has 3 aromatic rings. The van der Waals surface area contributed by atoms with E-state index >= 15 is 0 Å². The molecule has 1 N–H and O–H groups in total. The minimum Gasteiger partial charge on any atom is -0.445 e. The maximum atomic E-state index is 12.8. The molecule has 178 valence electrons. The highest BCUT2D eigenvalue weighted by atomic mass is 16.6. The molecule has 1 aliphatic heterocycles. The molecule has 34 heavy (non-hydrogen) atoms. The highest BCUT2D eigenvalue weighted by Crippen LogP contribution is 2.20. The maximum absolute atomic E-state index is 12.8. The largest absolute Gasteiger partial charge is 0.445 e. The molecule has 1 unspecified atom stereocenters. The van der Waals surface area contributed by atoms with Gasteiger partial charge in [-0.1, -0.05) is 49.4 Å². The zero-order valence-corrected chi connectivity index (χ0v) is 19.5. The minimum atomic E-state index is -0.546. The molecule has 2 atom stereocenters. The average molecular weight is 464 g/mol. The van der Waals surface area contributed by atoms with Crippen molar-refractivity contribution in [2.75, 3.05) is 13.1 Å². The summed E-state index contributed by atoms with van der Waals surface area (Å²) in [5.41, 5.74) is 1.94. The summed E-state index contributed by atoms with van der Waals surface area (Å²) in [7, 11) is 0. The number of nitrogens with one attached hydrogen (secondary N) is 1. The van der Waals surface area contributed by atoms with Crippen LogP contribution in [0.2, 0.25) is 0 Å². The van der Waals surface area contributed by atoms with Crippen LogP contribution >= 0.6 is 0 Å². The van der Waals surface area contributed by atoms with Crippen LogP contribution in [0, 0.1) is 12.8 Å². The van der Waals surface area contributed by atoms with Gasteiger partial charge in [0.25, 0.3) is 0 Å². The molecule has 0 spiro atoms. The molecule has 8 nitrogen and oxygen atoms in total. The van der Waals surface area contributed by atoms with Gasteiger partial charge in [-0.25, -0.2) is 14.6 Å². The van der Waals surface area contributed by atoms with Crippen LogP contribution in [-0.2, 0) is 22.6 Å². The molecule has 0 aliphatic carbocycles. The fourth-order valence-corrected chi connectivity index (χ4v) is 4.24. The zero-order chi connectivity index (χ0) is 24.1. The maximum Gasteiger partial charge on any atom is 0.410 e. The van der Waals surface area contributed by atoms with Crippen molar-refractivity contribution in [1.29, 1.82) is 0 Å². The third kappa shape index (κ3) is 5.44. The molecule has 1 aromatic heterocycles. The van der Waals surface area contributed by atoms with Crippen LogP contribution in [0.3, 0.4) is 0 Å². The monoisotopic (exact) mass is 463 g/mol. The topological polar surface area (TPSA) is 102 Å². The van der Waals surface area contributed by atoms with Gasteiger partial charge in [-0.3, -0.25) is 9.69 Å². The van der Waals surface area contributed by atoms with Gasteiger partial charge in [-0.15, -0.1) is 0 Å². The first kappa shape index (κ1) is 23.5. The number of aromatic nitrogens is 1. The van der Waals surface area contributed by atoms with E-state index in [2.05, 4.69) is 10.3 Å². The molecular weight excluding hydrogens is 434 g/mol. The number of nitrogens with zero attached hydrogens (tertiary/aromatic N) is 2. The van der Waals surface area contributed by atoms with E-state index in [9.17, 15) is 14.4 Å². The van der Waals surface area contributed by atoms with Crippen molar-refractivity contribution in [3.63, 3.8) is 0 Å². The van der Waals surface area contributed by atoms with E-state index in [1.165, 1.54) is 4.90 Å². The van der Waals surface area contributed by atoms with E-state index in [0.717, 1.165) is 17.5 Å². The van der Waals surface area contributed by atoms with Gasteiger partial charge in [0.05, 0.1) is 10.9 Å². The van der Waals surface area contributed by atoms with Crippen LogP contribution < -0.4 is 10.9 Å². The van der Waals surface area contributed by atoms with Gasteiger partial charge < -0.3 is 14.5 Å². The molecule has 1 fully saturated rings. The Labute approximate surface area is 197 Å². The van der Waals surface area contributed by atoms with Crippen molar-refractivity contribution >= 4 is 22.9 Å². The first-order chi connectivity index (χ1) is 16.4. The van der Waals surface area contributed by atoms with E-state index in [4.69, 9.17) is 9.15 Å². The number of likely N-dealkylation sites (tertiary alicyclic amines) is 1. The van der Waals surface area contributed by atoms with E-state index < -0.39 is 17.8 Å². The van der Waals surface area contributed by atoms with Crippen molar-refractivity contribution in [3.8, 4) is 0 Å². The third-order valence-corrected chi connectivity index (χ3v) is 6.05. The second-order valence-electron chi connectivity index (χ2n) is 8.81. The van der Waals surface area contributed by atoms with Gasteiger partial charge in [0.1, 0.15) is 12.6 Å². The normalized spacial score (nSPS) is 16.4. The first-order valence-corrected chi connectivity index (χ1v) is 11.6. The van der Waals surface area contributed by atoms with Crippen molar-refractivity contribution in [3.05, 3.63) is 76.0 Å². The number of rotatable bonds is 7. The number of amides is 2. The SMILES string of the molecule is Cc1cccc2nc(CC(C)CNC(=O)[C@@H]3CCCN3C(=O)OCc3ccccc3)oc(=O)c12. The predicted octanol–water partition coefficient (Wildman–Crippen LogP) is 3.59. The lowest BCUT2D eigenvalue weighted by molar-refractivity contribution is -0.125. The molecule has 2 amide bonds. The molecule has 4 rings (SSSR count). The first-order valence-electron chi connectivity index (χ1n) is 11.6. The number of carbonyl (C=O) groups excluding carboxylic acids is 2. The zero-order valence-electron chi connectivity index (χ0n) is 19.5. The van der Waals surface area contributed by atoms with Crippen molar-refractivity contribution in [2.24, 2.45) is 5.92 Å². The number of carbonyl (C=O) groups is 2. The van der Waals surface area contributed by atoms with Crippen LogP contribution in [0.15, 0.2) is 57.7 Å². The van der Waals surface area contributed by atoms with E-state index in [0.29, 0.717) is 42.7 Å². The molecule has 0 saturated carbocycles. The van der Waals surface area contributed by atoms with Crippen LogP contribution in [0.1, 0.15) is 36.8 Å². The summed E-state index contributed by atoms with van der Waals surface area (Å²) in [5.74, 6) is 0.128. The Bertz CT molecular complexity index is 1220. The average Bonchev–Trinajstić information content (AvgIpc) is 3.32. The van der Waals surface area contributed by atoms with Gasteiger partial charge in [0, 0.05) is 19.5 Å². The molecule has 2 heterocycles. The van der Waals surface area contributed by atoms with Crippen LogP contribution in [-0.4, -0.2) is 41.0 Å². The fraction of sp³-hybridized carbons (Fsp3) is 0.385. The summed E-state index contributed by atoms with van der Waals surface area (Å²) in [6, 6.07) is 14.4. The Hall–Kier alpha value is -3.68. The Balaban J connectivity index is 1.30. The minimum absolute atomic E-state index is 0.0123. The molecule has 2 aromatic carbocycles. The van der Waals surface area contributed by atoms with E-state index in [-0.39, 0.29) is 18.4 Å². The highest BCUT2D eigenvalue weighted by Gasteiger charge is 2.35. The van der Waals surface area contributed by atoms with E-state index in [1.54, 1.807) is 6.07 Å². The molecule has 0 radical (unpaired) electrons. The van der Waals surface area contributed by atoms with Gasteiger partial charge >= 0.3 is 11.7 Å². The summed E-state index contributed by atoms with van der Waals surface area (Å²) in [6.07, 6.45) is 1.28. The lowest BCUT2D eigenvalue weighted by Gasteiger charge is -2.24. The highest BCUT2D eigenvalue weighted by molar-refractivity contribution is 5.86. The molecule has 1 aliphatic rings. The molecule has 1 saturated heterocycles. The number of fused-ring (bicyclic) bond motifs is 1. The van der Waals surface area contributed by atoms with E-state index in [1.807, 2.05) is 56.3 Å². The van der Waals surface area contributed by atoms with Crippen molar-refractivity contribution in [1.82, 2.24) is 15.2 Å². The van der Waals surface area contributed by atoms with Crippen molar-refractivity contribution in [2.45, 2.75) is 45.8 Å². The second-order valence-corrected chi connectivity index (χ2v) is 8.81. The number of hydrogen-bond acceptors (Lipinski definition) is 6. The lowest BCUT2D eigenvalue weighted by atomic mass is 10.1. The third-order valence-electron chi connectivity index (χ3n) is 6.05. The van der Waals surface area contributed by atoms with Crippen LogP contribution in [0.5, 0.6) is 0 Å². The second kappa shape index (κ2) is 10.5. The Morgan fingerprint density at radius 1 is 1.21 bits per heavy atom. The number of aryl methyl sites for hydroxylation is 1. The summed E-state index contributed by atoms with van der Waals surface area (Å²) in [6.45, 7) is 4.84. The summed E-state index contributed by atoms with van der Waals surface area (Å²) in [5, 5.41) is 3.42. The van der Waals surface area contributed by atoms with Crippen molar-refractivity contribution < 1.29 is 18.7 Å². The van der Waals surface area contributed by atoms with Gasteiger partial charge in [0.2, 0.25) is 5.91 Å². The number of ether oxygens (including phenoxy) is 1. The van der Waals surface area contributed by atoms with Crippen LogP contribution in [0.4, 0.5) is 4.79 Å². The Morgan fingerprint density at radius 3 is 2.79 bits per heavy atom. The quantitative estimate of drug-likeness (QED) is 0.575. The molecule has 8 heteroatoms. The summed E-state index contributed by atoms with van der Waals surface area (Å²) >= 11 is 0. The van der Waals surface area contributed by atoms with Gasteiger partial charge in [0.15, 0.2) is 5.89 Å². The molecule has 0 bridgehead atoms. The Morgan fingerprint density at radius 2 is 2.00 bits per heavy atom. The molecular formula is C26H29N3O5. The summed E-state index contributed by atoms with van der Waals surface area (Å²) in [4.78, 5) is 43.7. The fourth-order valence-electron chi connectivity index (χ4n) is 4.24. The standard InChI is InChI=1S/C26H29N3O5/c1-17(14-22-28-20-11-6-8-18(2)23(20)25(31)34-22)15-27-24(30)21-12-7-13-29(21)26(32)33-16-19-9-4-3-5-10-19/h3-6,8-11,17,21H,7,12-16H2,1-2H3,(H,27,30)/t17?,21-/m0/s1. The van der Waals surface area contributed by atoms with Gasteiger partial charge in [-0.2, -0.15) is 0 Å². The smallest absolute Gasteiger partial charge is 0.410 e. The number of benzene rings is 2.